The number of piperidine rings is 1. The molecule has 3 heterocycles. The zero-order valence-corrected chi connectivity index (χ0v) is 24.6. The van der Waals surface area contributed by atoms with Gasteiger partial charge in [-0.05, 0) is 77.6 Å². The molecule has 9 nitrogen and oxygen atoms in total. The SMILES string of the molecule is Cc1ccc(C)c(N2CCN(CCCNC(=O)c3cnn(C)c3C3CCN(C(=O)OC(C)(C)C)CC3)CC2)c1. The molecule has 0 atom stereocenters. The number of carbonyl (C=O) groups is 2. The van der Waals surface area contributed by atoms with Gasteiger partial charge in [-0.3, -0.25) is 14.4 Å². The van der Waals surface area contributed by atoms with Crippen molar-refractivity contribution in [1.82, 2.24) is 24.9 Å². The number of amides is 2. The Bertz CT molecular complexity index is 1140. The number of piperazine rings is 1. The Morgan fingerprint density at radius 2 is 1.74 bits per heavy atom. The molecule has 39 heavy (non-hydrogen) atoms. The normalized spacial score (nSPS) is 17.4. The zero-order valence-electron chi connectivity index (χ0n) is 24.6. The van der Waals surface area contributed by atoms with E-state index < -0.39 is 5.60 Å². The third-order valence-corrected chi connectivity index (χ3v) is 7.78. The Hall–Kier alpha value is -3.07. The average Bonchev–Trinajstić information content (AvgIpc) is 3.29. The van der Waals surface area contributed by atoms with E-state index in [9.17, 15) is 9.59 Å². The van der Waals surface area contributed by atoms with E-state index in [0.29, 0.717) is 25.2 Å². The molecule has 4 rings (SSSR count). The van der Waals surface area contributed by atoms with E-state index in [1.165, 1.54) is 16.8 Å². The Morgan fingerprint density at radius 3 is 2.41 bits per heavy atom. The lowest BCUT2D eigenvalue weighted by Gasteiger charge is -2.37. The molecule has 2 saturated heterocycles. The van der Waals surface area contributed by atoms with E-state index in [2.05, 4.69) is 52.3 Å². The maximum absolute atomic E-state index is 13.1. The number of carbonyl (C=O) groups excluding carboxylic acids is 2. The van der Waals surface area contributed by atoms with E-state index in [1.54, 1.807) is 11.1 Å². The molecule has 0 radical (unpaired) electrons. The first-order chi connectivity index (χ1) is 18.5. The third kappa shape index (κ3) is 7.53. The summed E-state index contributed by atoms with van der Waals surface area (Å²) in [7, 11) is 1.89. The van der Waals surface area contributed by atoms with Gasteiger partial charge in [-0.25, -0.2) is 4.79 Å². The standard InChI is InChI=1S/C30H46N6O3/c1-22-8-9-23(2)26(20-22)35-18-16-34(17-19-35)13-7-12-31-28(37)25-21-32-33(6)27(25)24-10-14-36(15-11-24)29(38)39-30(3,4)5/h8-9,20-21,24H,7,10-19H2,1-6H3,(H,31,37). The van der Waals surface area contributed by atoms with Crippen LogP contribution in [0.3, 0.4) is 0 Å². The Morgan fingerprint density at radius 1 is 1.05 bits per heavy atom. The second-order valence-corrected chi connectivity index (χ2v) is 12.0. The van der Waals surface area contributed by atoms with Gasteiger partial charge < -0.3 is 19.9 Å². The molecule has 1 aromatic heterocycles. The number of benzene rings is 1. The van der Waals surface area contributed by atoms with Crippen LogP contribution >= 0.6 is 0 Å². The van der Waals surface area contributed by atoms with Crippen molar-refractivity contribution in [2.24, 2.45) is 7.05 Å². The van der Waals surface area contributed by atoms with Crippen molar-refractivity contribution in [3.05, 3.63) is 46.8 Å². The topological polar surface area (TPSA) is 82.9 Å². The van der Waals surface area contributed by atoms with Crippen molar-refractivity contribution >= 4 is 17.7 Å². The lowest BCUT2D eigenvalue weighted by atomic mass is 9.91. The van der Waals surface area contributed by atoms with Gasteiger partial charge in [0.05, 0.1) is 17.5 Å². The van der Waals surface area contributed by atoms with Crippen molar-refractivity contribution < 1.29 is 14.3 Å². The van der Waals surface area contributed by atoms with Crippen LogP contribution in [-0.4, -0.2) is 89.5 Å². The first-order valence-corrected chi connectivity index (χ1v) is 14.3. The lowest BCUT2D eigenvalue weighted by molar-refractivity contribution is 0.0203. The fourth-order valence-electron chi connectivity index (χ4n) is 5.64. The molecule has 1 aromatic carbocycles. The fourth-order valence-corrected chi connectivity index (χ4v) is 5.64. The zero-order chi connectivity index (χ0) is 28.2. The van der Waals surface area contributed by atoms with Gasteiger partial charge in [-0.2, -0.15) is 5.10 Å². The molecule has 2 fully saturated rings. The van der Waals surface area contributed by atoms with Crippen molar-refractivity contribution in [3.63, 3.8) is 0 Å². The summed E-state index contributed by atoms with van der Waals surface area (Å²) in [6.45, 7) is 17.0. The molecule has 0 unspecified atom stereocenters. The predicted molar refractivity (Wildman–Crippen MR) is 155 cm³/mol. The largest absolute Gasteiger partial charge is 0.444 e. The van der Waals surface area contributed by atoms with Gasteiger partial charge in [-0.15, -0.1) is 0 Å². The number of aromatic nitrogens is 2. The maximum atomic E-state index is 13.1. The molecule has 2 aromatic rings. The minimum Gasteiger partial charge on any atom is -0.444 e. The molecule has 9 heteroatoms. The number of likely N-dealkylation sites (tertiary alicyclic amines) is 1. The highest BCUT2D eigenvalue weighted by molar-refractivity contribution is 5.95. The molecule has 0 aliphatic carbocycles. The van der Waals surface area contributed by atoms with Crippen LogP contribution in [0, 0.1) is 13.8 Å². The number of nitrogens with zero attached hydrogens (tertiary/aromatic N) is 5. The van der Waals surface area contributed by atoms with Gasteiger partial charge in [0.1, 0.15) is 5.60 Å². The van der Waals surface area contributed by atoms with Crippen molar-refractivity contribution in [1.29, 1.82) is 0 Å². The number of rotatable bonds is 7. The van der Waals surface area contributed by atoms with Crippen LogP contribution < -0.4 is 10.2 Å². The van der Waals surface area contributed by atoms with Crippen molar-refractivity contribution in [2.75, 3.05) is 57.3 Å². The quantitative estimate of drug-likeness (QED) is 0.535. The van der Waals surface area contributed by atoms with Gasteiger partial charge in [0.25, 0.3) is 5.91 Å². The number of aryl methyl sites for hydroxylation is 3. The lowest BCUT2D eigenvalue weighted by Crippen LogP contribution is -2.47. The number of anilines is 1. The van der Waals surface area contributed by atoms with E-state index in [0.717, 1.165) is 57.7 Å². The molecule has 2 aliphatic heterocycles. The Balaban J connectivity index is 1.21. The van der Waals surface area contributed by atoms with Gasteiger partial charge in [0, 0.05) is 64.5 Å². The Kier molecular flexibility index (Phi) is 9.20. The summed E-state index contributed by atoms with van der Waals surface area (Å²) in [5.41, 5.74) is 5.09. The van der Waals surface area contributed by atoms with E-state index in [-0.39, 0.29) is 17.9 Å². The smallest absolute Gasteiger partial charge is 0.410 e. The fraction of sp³-hybridized carbons (Fsp3) is 0.633. The van der Waals surface area contributed by atoms with Crippen LogP contribution in [0.2, 0.25) is 0 Å². The molecule has 0 saturated carbocycles. The van der Waals surface area contributed by atoms with Crippen molar-refractivity contribution in [3.8, 4) is 0 Å². The molecule has 214 valence electrons. The van der Waals surface area contributed by atoms with Gasteiger partial charge in [0.2, 0.25) is 0 Å². The van der Waals surface area contributed by atoms with E-state index in [4.69, 9.17) is 4.74 Å². The van der Waals surface area contributed by atoms with Crippen LogP contribution in [0.1, 0.15) is 73.1 Å². The second-order valence-electron chi connectivity index (χ2n) is 12.0. The summed E-state index contributed by atoms with van der Waals surface area (Å²) in [5, 5.41) is 7.52. The van der Waals surface area contributed by atoms with E-state index >= 15 is 0 Å². The molecular weight excluding hydrogens is 492 g/mol. The van der Waals surface area contributed by atoms with Crippen LogP contribution in [0.25, 0.3) is 0 Å². The first kappa shape index (κ1) is 28.9. The number of hydrogen-bond donors (Lipinski definition) is 1. The minimum atomic E-state index is -0.504. The molecule has 0 spiro atoms. The molecule has 0 bridgehead atoms. The minimum absolute atomic E-state index is 0.0626. The molecule has 2 aliphatic rings. The van der Waals surface area contributed by atoms with Crippen LogP contribution in [0.5, 0.6) is 0 Å². The maximum Gasteiger partial charge on any atom is 0.410 e. The van der Waals surface area contributed by atoms with Gasteiger partial charge >= 0.3 is 6.09 Å². The highest BCUT2D eigenvalue weighted by Crippen LogP contribution is 2.31. The second kappa shape index (κ2) is 12.4. The molecular formula is C30H46N6O3. The number of ether oxygens (including phenoxy) is 1. The predicted octanol–water partition coefficient (Wildman–Crippen LogP) is 4.09. The van der Waals surface area contributed by atoms with Crippen LogP contribution in [0.4, 0.5) is 10.5 Å². The highest BCUT2D eigenvalue weighted by atomic mass is 16.6. The number of nitrogens with one attached hydrogen (secondary N) is 1. The summed E-state index contributed by atoms with van der Waals surface area (Å²) >= 11 is 0. The van der Waals surface area contributed by atoms with Gasteiger partial charge in [-0.1, -0.05) is 12.1 Å². The molecule has 1 N–H and O–H groups in total. The molecule has 2 amide bonds. The summed E-state index contributed by atoms with van der Waals surface area (Å²) in [4.78, 5) is 32.3. The van der Waals surface area contributed by atoms with Crippen LogP contribution in [-0.2, 0) is 11.8 Å². The van der Waals surface area contributed by atoms with Crippen molar-refractivity contribution in [2.45, 2.75) is 65.4 Å². The van der Waals surface area contributed by atoms with Gasteiger partial charge in [0.15, 0.2) is 0 Å². The third-order valence-electron chi connectivity index (χ3n) is 7.78. The summed E-state index contributed by atoms with van der Waals surface area (Å²) in [6, 6.07) is 6.67. The van der Waals surface area contributed by atoms with Crippen LogP contribution in [0.15, 0.2) is 24.4 Å². The number of hydrogen-bond acceptors (Lipinski definition) is 6. The monoisotopic (exact) mass is 538 g/mol. The highest BCUT2D eigenvalue weighted by Gasteiger charge is 2.31. The summed E-state index contributed by atoms with van der Waals surface area (Å²) < 4.78 is 7.34. The average molecular weight is 539 g/mol. The Labute approximate surface area is 233 Å². The summed E-state index contributed by atoms with van der Waals surface area (Å²) in [6.07, 6.45) is 3.90. The van der Waals surface area contributed by atoms with E-state index in [1.807, 2.05) is 32.5 Å². The first-order valence-electron chi connectivity index (χ1n) is 14.3. The summed E-state index contributed by atoms with van der Waals surface area (Å²) in [5.74, 6) is 0.123.